The van der Waals surface area contributed by atoms with Crippen LogP contribution < -0.4 is 0 Å². The third kappa shape index (κ3) is 3.79. The fourth-order valence-corrected chi connectivity index (χ4v) is 1.39. The maximum absolute atomic E-state index is 11.0. The summed E-state index contributed by atoms with van der Waals surface area (Å²) in [5.41, 5.74) is 0. The van der Waals surface area contributed by atoms with Crippen LogP contribution in [0.15, 0.2) is 0 Å². The predicted octanol–water partition coefficient (Wildman–Crippen LogP) is 0.243. The van der Waals surface area contributed by atoms with Crippen LogP contribution in [0.3, 0.4) is 0 Å². The van der Waals surface area contributed by atoms with Gasteiger partial charge in [-0.2, -0.15) is 0 Å². The predicted molar refractivity (Wildman–Crippen MR) is 52.5 cm³/mol. The Balaban J connectivity index is 2.75. The quantitative estimate of drug-likeness (QED) is 0.650. The maximum Gasteiger partial charge on any atom is 0.303 e. The van der Waals surface area contributed by atoms with Gasteiger partial charge in [-0.3, -0.25) is 9.59 Å². The second kappa shape index (κ2) is 5.81. The number of hydrogen-bond acceptors (Lipinski definition) is 6. The first kappa shape index (κ1) is 11.3. The molecular formula is C10H16O6. The van der Waals surface area contributed by atoms with Crippen molar-refractivity contribution in [3.05, 3.63) is 0 Å². The molecule has 6 heteroatoms. The van der Waals surface area contributed by atoms with Gasteiger partial charge in [0.05, 0.1) is 6.61 Å². The first-order chi connectivity index (χ1) is 7.95. The highest BCUT2D eigenvalue weighted by Gasteiger charge is 2.35. The molecule has 0 aromatic carbocycles. The summed E-state index contributed by atoms with van der Waals surface area (Å²) < 4.78 is 27.9. The van der Waals surface area contributed by atoms with Crippen molar-refractivity contribution in [3.8, 4) is 0 Å². The maximum atomic E-state index is 11.0. The van der Waals surface area contributed by atoms with Gasteiger partial charge in [0, 0.05) is 28.7 Å². The Hall–Kier alpha value is -1.14. The van der Waals surface area contributed by atoms with Crippen LogP contribution in [0, 0.1) is 0 Å². The van der Waals surface area contributed by atoms with Crippen LogP contribution in [-0.2, 0) is 28.5 Å². The Morgan fingerprint density at radius 2 is 1.81 bits per heavy atom. The molecule has 6 nitrogen and oxygen atoms in total. The van der Waals surface area contributed by atoms with Crippen molar-refractivity contribution < 1.29 is 29.9 Å². The Bertz CT molecular complexity index is 295. The van der Waals surface area contributed by atoms with Gasteiger partial charge in [-0.1, -0.05) is 0 Å². The fraction of sp³-hybridized carbons (Fsp3) is 0.800. The summed E-state index contributed by atoms with van der Waals surface area (Å²) in [7, 11) is 1.39. The van der Waals surface area contributed by atoms with Crippen molar-refractivity contribution >= 4 is 11.9 Å². The van der Waals surface area contributed by atoms with E-state index < -0.39 is 36.8 Å². The molecule has 1 saturated heterocycles. The van der Waals surface area contributed by atoms with E-state index in [0.29, 0.717) is 0 Å². The lowest BCUT2D eigenvalue weighted by Gasteiger charge is -2.33. The lowest BCUT2D eigenvalue weighted by Crippen LogP contribution is -2.46. The molecule has 92 valence electrons. The van der Waals surface area contributed by atoms with Crippen molar-refractivity contribution in [1.29, 1.82) is 0 Å². The highest BCUT2D eigenvalue weighted by Crippen LogP contribution is 2.20. The van der Waals surface area contributed by atoms with Crippen LogP contribution >= 0.6 is 0 Å². The molecule has 1 rings (SSSR count). The van der Waals surface area contributed by atoms with Gasteiger partial charge in [-0.05, 0) is 0 Å². The number of ether oxygens (including phenoxy) is 4. The van der Waals surface area contributed by atoms with Gasteiger partial charge in [-0.25, -0.2) is 0 Å². The number of carbonyl (C=O) groups is 2. The van der Waals surface area contributed by atoms with E-state index in [1.165, 1.54) is 21.0 Å². The zero-order valence-electron chi connectivity index (χ0n) is 10.5. The highest BCUT2D eigenvalue weighted by molar-refractivity contribution is 5.67. The summed E-state index contributed by atoms with van der Waals surface area (Å²) in [6, 6.07) is 0. The van der Waals surface area contributed by atoms with E-state index in [9.17, 15) is 9.59 Å². The molecule has 0 spiro atoms. The number of methoxy groups -OCH3 is 1. The Kier molecular flexibility index (Phi) is 4.12. The number of esters is 2. The monoisotopic (exact) mass is 233 g/mol. The lowest BCUT2D eigenvalue weighted by atomic mass is 10.1. The van der Waals surface area contributed by atoms with E-state index in [1.807, 2.05) is 0 Å². The van der Waals surface area contributed by atoms with E-state index in [1.54, 1.807) is 0 Å². The van der Waals surface area contributed by atoms with Crippen molar-refractivity contribution in [1.82, 2.24) is 0 Å². The van der Waals surface area contributed by atoms with Gasteiger partial charge in [0.2, 0.25) is 0 Å². The SMILES string of the molecule is [2H][C@H]1[C@H](OC)OC[C@H](OC(C)=O)[C@H]1OC(C)=O. The molecule has 0 bridgehead atoms. The Labute approximate surface area is 95.2 Å². The van der Waals surface area contributed by atoms with Crippen LogP contribution in [0.1, 0.15) is 21.6 Å². The minimum Gasteiger partial charge on any atom is -0.458 e. The Morgan fingerprint density at radius 3 is 2.31 bits per heavy atom. The van der Waals surface area contributed by atoms with Gasteiger partial charge in [0.25, 0.3) is 0 Å². The fourth-order valence-electron chi connectivity index (χ4n) is 1.39. The smallest absolute Gasteiger partial charge is 0.303 e. The largest absolute Gasteiger partial charge is 0.458 e. The van der Waals surface area contributed by atoms with Crippen LogP contribution in [0.5, 0.6) is 0 Å². The van der Waals surface area contributed by atoms with E-state index >= 15 is 0 Å². The average molecular weight is 233 g/mol. The van der Waals surface area contributed by atoms with E-state index in [0.717, 1.165) is 0 Å². The van der Waals surface area contributed by atoms with Crippen molar-refractivity contribution in [2.24, 2.45) is 0 Å². The van der Waals surface area contributed by atoms with Crippen LogP contribution in [0.4, 0.5) is 0 Å². The molecule has 0 unspecified atom stereocenters. The summed E-state index contributed by atoms with van der Waals surface area (Å²) in [4.78, 5) is 21.8. The van der Waals surface area contributed by atoms with Crippen molar-refractivity contribution in [2.45, 2.75) is 38.7 Å². The average Bonchev–Trinajstić information content (AvgIpc) is 2.22. The molecule has 4 atom stereocenters. The third-order valence-corrected chi connectivity index (χ3v) is 1.99. The van der Waals surface area contributed by atoms with Gasteiger partial charge in [0.15, 0.2) is 12.4 Å². The molecule has 0 amide bonds. The van der Waals surface area contributed by atoms with Gasteiger partial charge in [-0.15, -0.1) is 0 Å². The van der Waals surface area contributed by atoms with E-state index in [4.69, 9.17) is 20.3 Å². The minimum atomic E-state index is -0.956. The van der Waals surface area contributed by atoms with Gasteiger partial charge < -0.3 is 18.9 Å². The van der Waals surface area contributed by atoms with Crippen LogP contribution in [0.2, 0.25) is 0 Å². The molecule has 1 fully saturated rings. The number of hydrogen-bond donors (Lipinski definition) is 0. The molecule has 0 aliphatic carbocycles. The first-order valence-electron chi connectivity index (χ1n) is 5.44. The molecule has 1 heterocycles. The van der Waals surface area contributed by atoms with Crippen molar-refractivity contribution in [3.63, 3.8) is 0 Å². The normalized spacial score (nSPS) is 35.1. The first-order valence-corrected chi connectivity index (χ1v) is 4.86. The molecule has 1 aliphatic heterocycles. The van der Waals surface area contributed by atoms with Gasteiger partial charge >= 0.3 is 11.9 Å². The minimum absolute atomic E-state index is 0.0331. The molecule has 0 aromatic rings. The summed E-state index contributed by atoms with van der Waals surface area (Å²) in [6.45, 7) is 2.51. The summed E-state index contributed by atoms with van der Waals surface area (Å²) >= 11 is 0. The number of carbonyl (C=O) groups excluding carboxylic acids is 2. The summed E-state index contributed by atoms with van der Waals surface area (Å²) in [6.07, 6.45) is -3.41. The molecule has 16 heavy (non-hydrogen) atoms. The Morgan fingerprint density at radius 1 is 1.25 bits per heavy atom. The molecule has 0 saturated carbocycles. The molecule has 0 radical (unpaired) electrons. The zero-order valence-corrected chi connectivity index (χ0v) is 9.47. The molecule has 1 aliphatic rings. The molecule has 0 aromatic heterocycles. The van der Waals surface area contributed by atoms with E-state index in [2.05, 4.69) is 0 Å². The lowest BCUT2D eigenvalue weighted by molar-refractivity contribution is -0.224. The topological polar surface area (TPSA) is 71.1 Å². The van der Waals surface area contributed by atoms with Crippen LogP contribution in [-0.4, -0.2) is 44.2 Å². The second-order valence-corrected chi connectivity index (χ2v) is 3.35. The summed E-state index contributed by atoms with van der Waals surface area (Å²) in [5.74, 6) is -1.06. The van der Waals surface area contributed by atoms with Crippen molar-refractivity contribution in [2.75, 3.05) is 13.7 Å². The standard InChI is InChI=1S/C10H16O6/c1-6(11)15-8-4-10(13-3)14-5-9(8)16-7(2)12/h8-10H,4-5H2,1-3H3/t8-,9-,10+/m0/s1/i4D/t4-,8+,9+,10-/m1. The summed E-state index contributed by atoms with van der Waals surface area (Å²) in [5, 5.41) is 0. The second-order valence-electron chi connectivity index (χ2n) is 3.35. The zero-order chi connectivity index (χ0) is 13.0. The van der Waals surface area contributed by atoms with Gasteiger partial charge in [0.1, 0.15) is 6.10 Å². The third-order valence-electron chi connectivity index (χ3n) is 1.99. The number of rotatable bonds is 3. The van der Waals surface area contributed by atoms with Crippen LogP contribution in [0.25, 0.3) is 0 Å². The molecular weight excluding hydrogens is 216 g/mol. The molecule has 0 N–H and O–H groups in total. The highest BCUT2D eigenvalue weighted by atomic mass is 16.7. The van der Waals surface area contributed by atoms with E-state index in [-0.39, 0.29) is 6.61 Å².